The van der Waals surface area contributed by atoms with Gasteiger partial charge in [-0.3, -0.25) is 4.98 Å². The third kappa shape index (κ3) is 2.96. The van der Waals surface area contributed by atoms with Gasteiger partial charge < -0.3 is 5.32 Å². The molecule has 0 fully saturated rings. The Bertz CT molecular complexity index is 544. The summed E-state index contributed by atoms with van der Waals surface area (Å²) < 4.78 is 0. The molecule has 0 aliphatic rings. The molecule has 4 heteroatoms. The number of fused-ring (bicyclic) bond motifs is 1. The average molecular weight is 328 g/mol. The minimum Gasteiger partial charge on any atom is -0.382 e. The highest BCUT2D eigenvalue weighted by molar-refractivity contribution is 9.09. The molecule has 2 unspecified atom stereocenters. The molecule has 18 heavy (non-hydrogen) atoms. The Morgan fingerprint density at radius 1 is 1.33 bits per heavy atom. The smallest absolute Gasteiger partial charge is 0.0737 e. The fourth-order valence-corrected chi connectivity index (χ4v) is 2.50. The number of pyridine rings is 1. The zero-order chi connectivity index (χ0) is 13.1. The van der Waals surface area contributed by atoms with Crippen LogP contribution in [0, 0.1) is 5.92 Å². The molecule has 0 aliphatic carbocycles. The highest BCUT2D eigenvalue weighted by Crippen LogP contribution is 2.25. The van der Waals surface area contributed by atoms with Gasteiger partial charge in [-0.15, -0.1) is 0 Å². The maximum atomic E-state index is 5.98. The van der Waals surface area contributed by atoms with Gasteiger partial charge in [0, 0.05) is 33.7 Å². The predicted octanol–water partition coefficient (Wildman–Crippen LogP) is 4.72. The number of anilines is 1. The van der Waals surface area contributed by atoms with Gasteiger partial charge in [-0.2, -0.15) is 0 Å². The number of halogens is 2. The van der Waals surface area contributed by atoms with Crippen LogP contribution in [0.15, 0.2) is 30.5 Å². The number of aromatic nitrogens is 1. The molecule has 1 N–H and O–H groups in total. The first kappa shape index (κ1) is 13.6. The first-order valence-electron chi connectivity index (χ1n) is 5.98. The molecule has 2 rings (SSSR count). The molecular weight excluding hydrogens is 312 g/mol. The summed E-state index contributed by atoms with van der Waals surface area (Å²) in [4.78, 5) is 4.34. The molecule has 0 saturated heterocycles. The topological polar surface area (TPSA) is 24.9 Å². The molecule has 0 amide bonds. The number of rotatable bonds is 4. The highest BCUT2D eigenvalue weighted by atomic mass is 79.9. The van der Waals surface area contributed by atoms with Crippen molar-refractivity contribution in [2.24, 2.45) is 5.92 Å². The Morgan fingerprint density at radius 2 is 2.11 bits per heavy atom. The lowest BCUT2D eigenvalue weighted by atomic mass is 10.1. The average Bonchev–Trinajstić information content (AvgIpc) is 2.37. The van der Waals surface area contributed by atoms with Gasteiger partial charge in [0.25, 0.3) is 0 Å². The first-order chi connectivity index (χ1) is 8.61. The summed E-state index contributed by atoms with van der Waals surface area (Å²) >= 11 is 9.50. The third-order valence-electron chi connectivity index (χ3n) is 3.18. The van der Waals surface area contributed by atoms with Crippen LogP contribution in [0.3, 0.4) is 0 Å². The summed E-state index contributed by atoms with van der Waals surface area (Å²) in [6.45, 7) is 4.40. The lowest BCUT2D eigenvalue weighted by Gasteiger charge is -2.21. The van der Waals surface area contributed by atoms with Crippen LogP contribution in [0.25, 0.3) is 10.9 Å². The van der Waals surface area contributed by atoms with E-state index in [4.69, 9.17) is 11.6 Å². The van der Waals surface area contributed by atoms with E-state index in [-0.39, 0.29) is 0 Å². The van der Waals surface area contributed by atoms with Crippen molar-refractivity contribution in [3.05, 3.63) is 35.5 Å². The van der Waals surface area contributed by atoms with Crippen molar-refractivity contribution in [1.82, 2.24) is 4.98 Å². The maximum Gasteiger partial charge on any atom is 0.0737 e. The van der Waals surface area contributed by atoms with E-state index in [0.717, 1.165) is 21.9 Å². The molecule has 0 saturated carbocycles. The Hall–Kier alpha value is -0.800. The summed E-state index contributed by atoms with van der Waals surface area (Å²) in [6.07, 6.45) is 1.81. The van der Waals surface area contributed by atoms with Crippen molar-refractivity contribution in [1.29, 1.82) is 0 Å². The Labute approximate surface area is 121 Å². The molecule has 1 heterocycles. The number of nitrogens with zero attached hydrogens (tertiary/aromatic N) is 1. The Balaban J connectivity index is 2.33. The zero-order valence-electron chi connectivity index (χ0n) is 10.5. The van der Waals surface area contributed by atoms with Crippen molar-refractivity contribution >= 4 is 44.1 Å². The van der Waals surface area contributed by atoms with Crippen LogP contribution >= 0.6 is 27.5 Å². The molecule has 2 atom stereocenters. The second-order valence-electron chi connectivity index (χ2n) is 4.58. The van der Waals surface area contributed by atoms with Crippen LogP contribution < -0.4 is 5.32 Å². The highest BCUT2D eigenvalue weighted by Gasteiger charge is 2.12. The third-order valence-corrected chi connectivity index (χ3v) is 4.44. The number of nitrogens with one attached hydrogen (secondary N) is 1. The van der Waals surface area contributed by atoms with Crippen molar-refractivity contribution in [2.45, 2.75) is 19.9 Å². The van der Waals surface area contributed by atoms with Gasteiger partial charge in [0.1, 0.15) is 0 Å². The van der Waals surface area contributed by atoms with E-state index in [1.54, 1.807) is 0 Å². The molecule has 0 aliphatic heterocycles. The van der Waals surface area contributed by atoms with E-state index in [1.165, 1.54) is 0 Å². The maximum absolute atomic E-state index is 5.98. The molecule has 96 valence electrons. The van der Waals surface area contributed by atoms with Gasteiger partial charge >= 0.3 is 0 Å². The number of hydrogen-bond acceptors (Lipinski definition) is 2. The van der Waals surface area contributed by atoms with Gasteiger partial charge in [-0.1, -0.05) is 34.5 Å². The van der Waals surface area contributed by atoms with Crippen molar-refractivity contribution in [2.75, 3.05) is 10.6 Å². The van der Waals surface area contributed by atoms with Crippen LogP contribution in [-0.4, -0.2) is 16.4 Å². The lowest BCUT2D eigenvalue weighted by Crippen LogP contribution is -2.24. The van der Waals surface area contributed by atoms with E-state index in [2.05, 4.69) is 40.1 Å². The second kappa shape index (κ2) is 5.89. The summed E-state index contributed by atoms with van der Waals surface area (Å²) in [5.41, 5.74) is 2.03. The number of alkyl halides is 1. The van der Waals surface area contributed by atoms with Crippen LogP contribution in [0.2, 0.25) is 5.02 Å². The molecule has 0 bridgehead atoms. The van der Waals surface area contributed by atoms with Gasteiger partial charge in [0.15, 0.2) is 0 Å². The van der Waals surface area contributed by atoms with E-state index >= 15 is 0 Å². The van der Waals surface area contributed by atoms with Crippen molar-refractivity contribution in [3.63, 3.8) is 0 Å². The summed E-state index contributed by atoms with van der Waals surface area (Å²) in [7, 11) is 0. The number of benzene rings is 1. The Morgan fingerprint density at radius 3 is 2.83 bits per heavy atom. The quantitative estimate of drug-likeness (QED) is 0.822. The fraction of sp³-hybridized carbons (Fsp3) is 0.357. The summed E-state index contributed by atoms with van der Waals surface area (Å²) in [5.74, 6) is 0.556. The minimum atomic E-state index is 0.394. The zero-order valence-corrected chi connectivity index (χ0v) is 12.8. The monoisotopic (exact) mass is 326 g/mol. The van der Waals surface area contributed by atoms with Crippen LogP contribution in [0.1, 0.15) is 13.8 Å². The molecule has 0 radical (unpaired) electrons. The summed E-state index contributed by atoms with van der Waals surface area (Å²) in [6, 6.07) is 8.20. The van der Waals surface area contributed by atoms with Gasteiger partial charge in [0.05, 0.1) is 5.52 Å². The number of hydrogen-bond donors (Lipinski definition) is 1. The first-order valence-corrected chi connectivity index (χ1v) is 7.48. The van der Waals surface area contributed by atoms with Crippen LogP contribution in [-0.2, 0) is 0 Å². The second-order valence-corrected chi connectivity index (χ2v) is 5.67. The van der Waals surface area contributed by atoms with E-state index < -0.39 is 0 Å². The molecule has 0 spiro atoms. The SMILES string of the molecule is CC(CBr)C(C)Nc1ccnc2cc(Cl)ccc12. The van der Waals surface area contributed by atoms with Crippen LogP contribution in [0.4, 0.5) is 5.69 Å². The van der Waals surface area contributed by atoms with E-state index in [9.17, 15) is 0 Å². The molecule has 2 nitrogen and oxygen atoms in total. The molecule has 2 aromatic rings. The largest absolute Gasteiger partial charge is 0.382 e. The standard InChI is InChI=1S/C14H16BrClN2/c1-9(8-15)10(2)18-13-5-6-17-14-7-11(16)3-4-12(13)14/h3-7,9-10H,8H2,1-2H3,(H,17,18). The van der Waals surface area contributed by atoms with Crippen molar-refractivity contribution < 1.29 is 0 Å². The molecular formula is C14H16BrClN2. The minimum absolute atomic E-state index is 0.394. The molecule has 1 aromatic heterocycles. The van der Waals surface area contributed by atoms with Gasteiger partial charge in [-0.05, 0) is 37.1 Å². The van der Waals surface area contributed by atoms with Crippen LogP contribution in [0.5, 0.6) is 0 Å². The fourth-order valence-electron chi connectivity index (χ4n) is 1.77. The van der Waals surface area contributed by atoms with E-state index in [0.29, 0.717) is 17.0 Å². The normalized spacial score (nSPS) is 14.4. The molecule has 1 aromatic carbocycles. The lowest BCUT2D eigenvalue weighted by molar-refractivity contribution is 0.573. The van der Waals surface area contributed by atoms with Crippen molar-refractivity contribution in [3.8, 4) is 0 Å². The van der Waals surface area contributed by atoms with Gasteiger partial charge in [-0.25, -0.2) is 0 Å². The summed E-state index contributed by atoms with van der Waals surface area (Å²) in [5, 5.41) is 6.35. The van der Waals surface area contributed by atoms with E-state index in [1.807, 2.05) is 30.5 Å². The Kier molecular flexibility index (Phi) is 4.46. The predicted molar refractivity (Wildman–Crippen MR) is 82.8 cm³/mol. The van der Waals surface area contributed by atoms with Gasteiger partial charge in [0.2, 0.25) is 0 Å².